The number of benzene rings is 1. The summed E-state index contributed by atoms with van der Waals surface area (Å²) in [7, 11) is 0. The number of aryl methyl sites for hydroxylation is 1. The highest BCUT2D eigenvalue weighted by atomic mass is 14.7. The number of anilines is 2. The third-order valence-electron chi connectivity index (χ3n) is 3.22. The van der Waals surface area contributed by atoms with Crippen molar-refractivity contribution in [1.82, 2.24) is 0 Å². The molecule has 0 saturated carbocycles. The zero-order chi connectivity index (χ0) is 12.5. The van der Waals surface area contributed by atoms with Gasteiger partial charge in [-0.2, -0.15) is 0 Å². The van der Waals surface area contributed by atoms with Crippen molar-refractivity contribution in [3.63, 3.8) is 0 Å². The summed E-state index contributed by atoms with van der Waals surface area (Å²) in [6.45, 7) is 2.26. The molecule has 2 nitrogen and oxygen atoms in total. The number of hydrogen-bond donors (Lipinski definition) is 2. The monoisotopic (exact) mass is 234 g/mol. The SMILES string of the molecule is CCCCCCCCCc1ccc(N)c(N)c1. The van der Waals surface area contributed by atoms with Gasteiger partial charge in [-0.1, -0.05) is 51.5 Å². The van der Waals surface area contributed by atoms with Gasteiger partial charge in [-0.15, -0.1) is 0 Å². The normalized spacial score (nSPS) is 10.6. The number of rotatable bonds is 8. The summed E-state index contributed by atoms with van der Waals surface area (Å²) in [5.41, 5.74) is 14.2. The molecule has 0 aliphatic heterocycles. The van der Waals surface area contributed by atoms with E-state index in [1.54, 1.807) is 0 Å². The van der Waals surface area contributed by atoms with Crippen molar-refractivity contribution in [2.75, 3.05) is 11.5 Å². The van der Waals surface area contributed by atoms with Crippen molar-refractivity contribution in [1.29, 1.82) is 0 Å². The van der Waals surface area contributed by atoms with Crippen LogP contribution >= 0.6 is 0 Å². The van der Waals surface area contributed by atoms with Crippen LogP contribution in [0.3, 0.4) is 0 Å². The number of unbranched alkanes of at least 4 members (excludes halogenated alkanes) is 6. The average Bonchev–Trinajstić information content (AvgIpc) is 2.32. The van der Waals surface area contributed by atoms with Crippen LogP contribution in [-0.4, -0.2) is 0 Å². The molecular formula is C15H26N2. The predicted octanol–water partition coefficient (Wildman–Crippen LogP) is 4.14. The van der Waals surface area contributed by atoms with Crippen LogP contribution in [0.2, 0.25) is 0 Å². The highest BCUT2D eigenvalue weighted by molar-refractivity contribution is 5.63. The Morgan fingerprint density at radius 3 is 2.12 bits per heavy atom. The quantitative estimate of drug-likeness (QED) is 0.524. The summed E-state index contributed by atoms with van der Waals surface area (Å²) in [5, 5.41) is 0. The largest absolute Gasteiger partial charge is 0.397 e. The van der Waals surface area contributed by atoms with Gasteiger partial charge >= 0.3 is 0 Å². The van der Waals surface area contributed by atoms with Crippen LogP contribution in [-0.2, 0) is 6.42 Å². The minimum atomic E-state index is 0.688. The van der Waals surface area contributed by atoms with Gasteiger partial charge in [0.1, 0.15) is 0 Å². The zero-order valence-corrected chi connectivity index (χ0v) is 11.0. The molecule has 1 aromatic carbocycles. The molecule has 0 heterocycles. The van der Waals surface area contributed by atoms with Crippen LogP contribution in [0.15, 0.2) is 18.2 Å². The van der Waals surface area contributed by atoms with Crippen molar-refractivity contribution < 1.29 is 0 Å². The number of nitrogens with two attached hydrogens (primary N) is 2. The zero-order valence-electron chi connectivity index (χ0n) is 11.0. The molecule has 0 amide bonds. The van der Waals surface area contributed by atoms with Gasteiger partial charge in [-0.25, -0.2) is 0 Å². The van der Waals surface area contributed by atoms with Gasteiger partial charge in [-0.05, 0) is 30.5 Å². The molecule has 0 bridgehead atoms. The summed E-state index contributed by atoms with van der Waals surface area (Å²) >= 11 is 0. The van der Waals surface area contributed by atoms with Gasteiger partial charge in [-0.3, -0.25) is 0 Å². The highest BCUT2D eigenvalue weighted by Gasteiger charge is 1.98. The molecule has 0 atom stereocenters. The fraction of sp³-hybridized carbons (Fsp3) is 0.600. The van der Waals surface area contributed by atoms with E-state index >= 15 is 0 Å². The van der Waals surface area contributed by atoms with Gasteiger partial charge in [0, 0.05) is 0 Å². The smallest absolute Gasteiger partial charge is 0.0550 e. The van der Waals surface area contributed by atoms with Gasteiger partial charge in [0.25, 0.3) is 0 Å². The van der Waals surface area contributed by atoms with E-state index in [0.29, 0.717) is 11.4 Å². The van der Waals surface area contributed by atoms with Crippen molar-refractivity contribution in [3.8, 4) is 0 Å². The molecule has 1 aromatic rings. The summed E-state index contributed by atoms with van der Waals surface area (Å²) < 4.78 is 0. The van der Waals surface area contributed by atoms with Crippen LogP contribution in [0.4, 0.5) is 11.4 Å². The molecule has 2 heteroatoms. The molecule has 1 rings (SSSR count). The Kier molecular flexibility index (Phi) is 6.53. The van der Waals surface area contributed by atoms with E-state index in [0.717, 1.165) is 6.42 Å². The lowest BCUT2D eigenvalue weighted by molar-refractivity contribution is 0.589. The van der Waals surface area contributed by atoms with Gasteiger partial charge < -0.3 is 11.5 Å². The molecule has 17 heavy (non-hydrogen) atoms. The third kappa shape index (κ3) is 5.62. The Labute approximate surface area is 105 Å². The minimum absolute atomic E-state index is 0.688. The van der Waals surface area contributed by atoms with E-state index in [-0.39, 0.29) is 0 Å². The highest BCUT2D eigenvalue weighted by Crippen LogP contribution is 2.18. The van der Waals surface area contributed by atoms with E-state index in [1.165, 1.54) is 50.5 Å². The maximum atomic E-state index is 5.78. The maximum absolute atomic E-state index is 5.78. The van der Waals surface area contributed by atoms with E-state index in [4.69, 9.17) is 11.5 Å². The number of nitrogen functional groups attached to an aromatic ring is 2. The molecule has 0 saturated heterocycles. The summed E-state index contributed by atoms with van der Waals surface area (Å²) in [6, 6.07) is 6.00. The Balaban J connectivity index is 2.11. The first kappa shape index (κ1) is 13.9. The molecule has 0 spiro atoms. The minimum Gasteiger partial charge on any atom is -0.397 e. The molecule has 96 valence electrons. The van der Waals surface area contributed by atoms with E-state index in [2.05, 4.69) is 13.0 Å². The fourth-order valence-corrected chi connectivity index (χ4v) is 2.07. The molecule has 0 aliphatic rings. The van der Waals surface area contributed by atoms with Crippen molar-refractivity contribution in [3.05, 3.63) is 23.8 Å². The first-order valence-electron chi connectivity index (χ1n) is 6.88. The van der Waals surface area contributed by atoms with Crippen LogP contribution in [0.5, 0.6) is 0 Å². The standard InChI is InChI=1S/C15H26N2/c1-2-3-4-5-6-7-8-9-13-10-11-14(16)15(17)12-13/h10-12H,2-9,16-17H2,1H3. The molecular weight excluding hydrogens is 208 g/mol. The second kappa shape index (κ2) is 7.99. The summed E-state index contributed by atoms with van der Waals surface area (Å²) in [6.07, 6.45) is 10.6. The Bertz CT molecular complexity index is 321. The van der Waals surface area contributed by atoms with Crippen molar-refractivity contribution >= 4 is 11.4 Å². The fourth-order valence-electron chi connectivity index (χ4n) is 2.07. The van der Waals surface area contributed by atoms with Crippen molar-refractivity contribution in [2.24, 2.45) is 0 Å². The topological polar surface area (TPSA) is 52.0 Å². The van der Waals surface area contributed by atoms with Crippen LogP contribution in [0, 0.1) is 0 Å². The molecule has 0 unspecified atom stereocenters. The lowest BCUT2D eigenvalue weighted by atomic mass is 10.0. The van der Waals surface area contributed by atoms with Crippen LogP contribution < -0.4 is 11.5 Å². The third-order valence-corrected chi connectivity index (χ3v) is 3.22. The molecule has 0 radical (unpaired) electrons. The average molecular weight is 234 g/mol. The Hall–Kier alpha value is -1.18. The molecule has 0 aromatic heterocycles. The lowest BCUT2D eigenvalue weighted by Crippen LogP contribution is -1.96. The lowest BCUT2D eigenvalue weighted by Gasteiger charge is -2.05. The second-order valence-electron chi connectivity index (χ2n) is 4.83. The Morgan fingerprint density at radius 2 is 1.47 bits per heavy atom. The van der Waals surface area contributed by atoms with E-state index in [1.807, 2.05) is 12.1 Å². The van der Waals surface area contributed by atoms with E-state index < -0.39 is 0 Å². The molecule has 0 aliphatic carbocycles. The predicted molar refractivity (Wildman–Crippen MR) is 77.0 cm³/mol. The number of hydrogen-bond acceptors (Lipinski definition) is 2. The van der Waals surface area contributed by atoms with E-state index in [9.17, 15) is 0 Å². The van der Waals surface area contributed by atoms with Crippen molar-refractivity contribution in [2.45, 2.75) is 58.3 Å². The van der Waals surface area contributed by atoms with Gasteiger partial charge in [0.15, 0.2) is 0 Å². The maximum Gasteiger partial charge on any atom is 0.0550 e. The van der Waals surface area contributed by atoms with Crippen LogP contribution in [0.1, 0.15) is 57.4 Å². The Morgan fingerprint density at radius 1 is 0.824 bits per heavy atom. The molecule has 4 N–H and O–H groups in total. The summed E-state index contributed by atoms with van der Waals surface area (Å²) in [4.78, 5) is 0. The second-order valence-corrected chi connectivity index (χ2v) is 4.83. The van der Waals surface area contributed by atoms with Crippen LogP contribution in [0.25, 0.3) is 0 Å². The first-order chi connectivity index (χ1) is 8.24. The first-order valence-corrected chi connectivity index (χ1v) is 6.88. The molecule has 0 fully saturated rings. The summed E-state index contributed by atoms with van der Waals surface area (Å²) in [5.74, 6) is 0. The van der Waals surface area contributed by atoms with Gasteiger partial charge in [0.2, 0.25) is 0 Å². The van der Waals surface area contributed by atoms with Gasteiger partial charge in [0.05, 0.1) is 11.4 Å².